The maximum Gasteiger partial charge on any atom is 0.0648 e. The summed E-state index contributed by atoms with van der Waals surface area (Å²) in [6.07, 6.45) is 19.3. The fourth-order valence-electron chi connectivity index (χ4n) is 3.58. The summed E-state index contributed by atoms with van der Waals surface area (Å²) in [5.74, 6) is 0. The molecule has 1 aliphatic rings. The second-order valence-electron chi connectivity index (χ2n) is 8.32. The van der Waals surface area contributed by atoms with Crippen molar-refractivity contribution in [1.82, 2.24) is 0 Å². The Morgan fingerprint density at radius 2 is 1.10 bits per heavy atom. The van der Waals surface area contributed by atoms with E-state index in [9.17, 15) is 5.11 Å². The van der Waals surface area contributed by atoms with Crippen LogP contribution >= 0.6 is 0 Å². The molecule has 1 N–H and O–H groups in total. The van der Waals surface area contributed by atoms with Gasteiger partial charge in [-0.15, -0.1) is 0 Å². The highest BCUT2D eigenvalue weighted by molar-refractivity contribution is 4.88. The molecule has 0 spiro atoms. The Hall–Kier alpha value is -0.0400. The van der Waals surface area contributed by atoms with Crippen LogP contribution in [0.4, 0.5) is 0 Å². The van der Waals surface area contributed by atoms with Gasteiger partial charge < -0.3 is 5.11 Å². The van der Waals surface area contributed by atoms with Crippen LogP contribution in [-0.2, 0) is 0 Å². The summed E-state index contributed by atoms with van der Waals surface area (Å²) in [5, 5.41) is 10.6. The molecule has 0 aromatic carbocycles. The van der Waals surface area contributed by atoms with Crippen LogP contribution in [0.3, 0.4) is 0 Å². The van der Waals surface area contributed by atoms with Gasteiger partial charge in [-0.2, -0.15) is 0 Å². The summed E-state index contributed by atoms with van der Waals surface area (Å²) in [6, 6.07) is 0. The molecule has 1 saturated carbocycles. The molecule has 0 heterocycles. The third-order valence-electron chi connectivity index (χ3n) is 5.53. The Balaban J connectivity index is 1.92. The quantitative estimate of drug-likeness (QED) is 0.424. The van der Waals surface area contributed by atoms with Gasteiger partial charge in [0.05, 0.1) is 5.60 Å². The predicted octanol–water partition coefficient (Wildman–Crippen LogP) is 6.63. The van der Waals surface area contributed by atoms with Crippen LogP contribution in [0.5, 0.6) is 0 Å². The van der Waals surface area contributed by atoms with E-state index in [2.05, 4.69) is 20.8 Å². The van der Waals surface area contributed by atoms with E-state index in [4.69, 9.17) is 0 Å². The standard InChI is InChI=1S/C20H40O/c1-4-5-6-7-8-9-10-11-12-13-14-20(21)17-15-19(2,3)16-18-20/h21H,4-18H2,1-3H3. The first-order chi connectivity index (χ1) is 9.97. The Labute approximate surface area is 133 Å². The summed E-state index contributed by atoms with van der Waals surface area (Å²) in [5.41, 5.74) is 0.139. The van der Waals surface area contributed by atoms with Crippen molar-refractivity contribution in [2.45, 2.75) is 123 Å². The Kier molecular flexibility index (Phi) is 8.94. The lowest BCUT2D eigenvalue weighted by Crippen LogP contribution is -2.36. The average molecular weight is 297 g/mol. The highest BCUT2D eigenvalue weighted by Gasteiger charge is 2.35. The molecular formula is C20H40O. The molecule has 0 amide bonds. The second kappa shape index (κ2) is 9.87. The minimum atomic E-state index is -0.324. The van der Waals surface area contributed by atoms with Crippen molar-refractivity contribution >= 4 is 0 Å². The van der Waals surface area contributed by atoms with E-state index in [1.807, 2.05) is 0 Å². The molecule has 1 heteroatoms. The van der Waals surface area contributed by atoms with Gasteiger partial charge in [0.2, 0.25) is 0 Å². The maximum atomic E-state index is 10.6. The van der Waals surface area contributed by atoms with E-state index in [0.717, 1.165) is 19.3 Å². The van der Waals surface area contributed by atoms with E-state index >= 15 is 0 Å². The van der Waals surface area contributed by atoms with Gasteiger partial charge in [-0.05, 0) is 37.5 Å². The van der Waals surface area contributed by atoms with E-state index in [0.29, 0.717) is 5.41 Å². The van der Waals surface area contributed by atoms with Gasteiger partial charge in [0.25, 0.3) is 0 Å². The molecular weight excluding hydrogens is 256 g/mol. The molecule has 1 fully saturated rings. The number of unbranched alkanes of at least 4 members (excludes halogenated alkanes) is 9. The van der Waals surface area contributed by atoms with Crippen LogP contribution < -0.4 is 0 Å². The zero-order valence-corrected chi connectivity index (χ0v) is 15.1. The SMILES string of the molecule is CCCCCCCCCCCCC1(O)CCC(C)(C)CC1. The highest BCUT2D eigenvalue weighted by Crippen LogP contribution is 2.42. The zero-order chi connectivity index (χ0) is 15.6. The minimum Gasteiger partial charge on any atom is -0.390 e. The zero-order valence-electron chi connectivity index (χ0n) is 15.1. The first kappa shape index (κ1) is 19.0. The van der Waals surface area contributed by atoms with Crippen LogP contribution in [0, 0.1) is 5.41 Å². The van der Waals surface area contributed by atoms with Crippen LogP contribution in [0.2, 0.25) is 0 Å². The van der Waals surface area contributed by atoms with Gasteiger partial charge >= 0.3 is 0 Å². The van der Waals surface area contributed by atoms with Gasteiger partial charge in [-0.25, -0.2) is 0 Å². The number of rotatable bonds is 11. The molecule has 21 heavy (non-hydrogen) atoms. The molecule has 126 valence electrons. The third kappa shape index (κ3) is 8.86. The summed E-state index contributed by atoms with van der Waals surface area (Å²) < 4.78 is 0. The van der Waals surface area contributed by atoms with Crippen LogP contribution in [-0.4, -0.2) is 10.7 Å². The third-order valence-corrected chi connectivity index (χ3v) is 5.53. The topological polar surface area (TPSA) is 20.2 Å². The molecule has 0 unspecified atom stereocenters. The Morgan fingerprint density at radius 1 is 0.667 bits per heavy atom. The maximum absolute atomic E-state index is 10.6. The number of aliphatic hydroxyl groups is 1. The van der Waals surface area contributed by atoms with Crippen LogP contribution in [0.1, 0.15) is 117 Å². The first-order valence-electron chi connectivity index (χ1n) is 9.70. The fourth-order valence-corrected chi connectivity index (χ4v) is 3.58. The summed E-state index contributed by atoms with van der Waals surface area (Å²) in [7, 11) is 0. The lowest BCUT2D eigenvalue weighted by atomic mass is 9.69. The molecule has 0 atom stereocenters. The lowest BCUT2D eigenvalue weighted by molar-refractivity contribution is -0.0337. The van der Waals surface area contributed by atoms with E-state index in [1.54, 1.807) is 0 Å². The highest BCUT2D eigenvalue weighted by atomic mass is 16.3. The van der Waals surface area contributed by atoms with Gasteiger partial charge in [0.15, 0.2) is 0 Å². The molecule has 0 bridgehead atoms. The summed E-state index contributed by atoms with van der Waals surface area (Å²) >= 11 is 0. The molecule has 0 aromatic rings. The lowest BCUT2D eigenvalue weighted by Gasteiger charge is -2.40. The molecule has 1 nitrogen and oxygen atoms in total. The largest absolute Gasteiger partial charge is 0.390 e. The first-order valence-corrected chi connectivity index (χ1v) is 9.70. The smallest absolute Gasteiger partial charge is 0.0648 e. The molecule has 0 saturated heterocycles. The normalized spacial score (nSPS) is 20.6. The molecule has 0 aromatic heterocycles. The molecule has 1 aliphatic carbocycles. The van der Waals surface area contributed by atoms with Crippen molar-refractivity contribution < 1.29 is 5.11 Å². The average Bonchev–Trinajstić information content (AvgIpc) is 2.45. The monoisotopic (exact) mass is 296 g/mol. The van der Waals surface area contributed by atoms with Crippen molar-refractivity contribution in [1.29, 1.82) is 0 Å². The Bertz CT molecular complexity index is 247. The van der Waals surface area contributed by atoms with Gasteiger partial charge in [0.1, 0.15) is 0 Å². The van der Waals surface area contributed by atoms with E-state index < -0.39 is 0 Å². The second-order valence-corrected chi connectivity index (χ2v) is 8.32. The molecule has 0 radical (unpaired) electrons. The van der Waals surface area contributed by atoms with Gasteiger partial charge in [0, 0.05) is 0 Å². The van der Waals surface area contributed by atoms with Crippen molar-refractivity contribution in [2.75, 3.05) is 0 Å². The molecule has 1 rings (SSSR count). The van der Waals surface area contributed by atoms with Gasteiger partial charge in [-0.1, -0.05) is 85.0 Å². The number of hydrogen-bond donors (Lipinski definition) is 1. The fraction of sp³-hybridized carbons (Fsp3) is 1.00. The van der Waals surface area contributed by atoms with E-state index in [1.165, 1.54) is 77.0 Å². The predicted molar refractivity (Wildman–Crippen MR) is 93.7 cm³/mol. The van der Waals surface area contributed by atoms with Crippen molar-refractivity contribution in [3.05, 3.63) is 0 Å². The minimum absolute atomic E-state index is 0.324. The van der Waals surface area contributed by atoms with Gasteiger partial charge in [-0.3, -0.25) is 0 Å². The molecule has 0 aliphatic heterocycles. The van der Waals surface area contributed by atoms with Crippen LogP contribution in [0.15, 0.2) is 0 Å². The van der Waals surface area contributed by atoms with Crippen molar-refractivity contribution in [3.8, 4) is 0 Å². The summed E-state index contributed by atoms with van der Waals surface area (Å²) in [6.45, 7) is 6.96. The van der Waals surface area contributed by atoms with Crippen molar-refractivity contribution in [2.24, 2.45) is 5.41 Å². The summed E-state index contributed by atoms with van der Waals surface area (Å²) in [4.78, 5) is 0. The van der Waals surface area contributed by atoms with Crippen LogP contribution in [0.25, 0.3) is 0 Å². The van der Waals surface area contributed by atoms with Crippen molar-refractivity contribution in [3.63, 3.8) is 0 Å². The number of hydrogen-bond acceptors (Lipinski definition) is 1. The Morgan fingerprint density at radius 3 is 1.57 bits per heavy atom. The van der Waals surface area contributed by atoms with E-state index in [-0.39, 0.29) is 5.60 Å².